The van der Waals surface area contributed by atoms with Gasteiger partial charge in [-0.05, 0) is 19.2 Å². The molecule has 7 heteroatoms. The summed E-state index contributed by atoms with van der Waals surface area (Å²) in [5, 5.41) is 0. The van der Waals surface area contributed by atoms with E-state index in [1.54, 1.807) is 0 Å². The number of halogens is 3. The van der Waals surface area contributed by atoms with Crippen molar-refractivity contribution in [2.24, 2.45) is 0 Å². The molecule has 1 aliphatic heterocycles. The first kappa shape index (κ1) is 14.2. The van der Waals surface area contributed by atoms with Gasteiger partial charge >= 0.3 is 6.98 Å². The fourth-order valence-corrected chi connectivity index (χ4v) is 1.96. The van der Waals surface area contributed by atoms with E-state index in [2.05, 4.69) is 4.90 Å². The molecule has 0 radical (unpaired) electrons. The monoisotopic (exact) mass is 274 g/mol. The molecule has 1 heterocycles. The summed E-state index contributed by atoms with van der Waals surface area (Å²) in [6.45, 7) is -2.51. The number of morpholine rings is 1. The van der Waals surface area contributed by atoms with E-state index < -0.39 is 12.4 Å². The quantitative estimate of drug-likeness (QED) is 0.776. The van der Waals surface area contributed by atoms with Gasteiger partial charge in [-0.3, -0.25) is 0 Å². The Morgan fingerprint density at radius 2 is 2.21 bits per heavy atom. The Kier molecular flexibility index (Phi) is 4.36. The standard InChI is InChI=1S/C12H16BF3NO2/c1-17-5-6-18-12(8-17)9-19-11-4-2-3-10(7-11)13(14,15)16/h2-4,7,12H,5-6,8-9H2,1H3/q-1. The number of hydrogen-bond donors (Lipinski definition) is 0. The van der Waals surface area contributed by atoms with E-state index in [0.717, 1.165) is 25.2 Å². The van der Waals surface area contributed by atoms with Crippen LogP contribution in [0.4, 0.5) is 12.9 Å². The summed E-state index contributed by atoms with van der Waals surface area (Å²) in [5.74, 6) is 0.230. The second kappa shape index (κ2) is 5.84. The molecule has 3 nitrogen and oxygen atoms in total. The summed E-state index contributed by atoms with van der Waals surface area (Å²) in [6, 6.07) is 4.97. The molecular weight excluding hydrogens is 258 g/mol. The van der Waals surface area contributed by atoms with Crippen LogP contribution in [0.15, 0.2) is 24.3 Å². The van der Waals surface area contributed by atoms with Gasteiger partial charge in [-0.15, -0.1) is 5.46 Å². The number of likely N-dealkylation sites (N-methyl/N-ethyl adjacent to an activating group) is 1. The van der Waals surface area contributed by atoms with Crippen LogP contribution in [0.5, 0.6) is 5.75 Å². The van der Waals surface area contributed by atoms with E-state index in [1.807, 2.05) is 7.05 Å². The van der Waals surface area contributed by atoms with E-state index in [0.29, 0.717) is 6.61 Å². The predicted molar refractivity (Wildman–Crippen MR) is 67.9 cm³/mol. The molecule has 1 aliphatic rings. The zero-order valence-electron chi connectivity index (χ0n) is 10.7. The summed E-state index contributed by atoms with van der Waals surface area (Å²) in [7, 11) is 1.97. The van der Waals surface area contributed by atoms with Crippen molar-refractivity contribution in [3.63, 3.8) is 0 Å². The van der Waals surface area contributed by atoms with Crippen molar-refractivity contribution in [2.75, 3.05) is 33.4 Å². The minimum absolute atomic E-state index is 0.0983. The van der Waals surface area contributed by atoms with Gasteiger partial charge in [0.1, 0.15) is 18.5 Å². The minimum atomic E-state index is -4.98. The van der Waals surface area contributed by atoms with Crippen molar-refractivity contribution < 1.29 is 22.4 Å². The lowest BCUT2D eigenvalue weighted by molar-refractivity contribution is -0.0403. The summed E-state index contributed by atoms with van der Waals surface area (Å²) in [5.41, 5.74) is -0.640. The zero-order valence-corrected chi connectivity index (χ0v) is 10.7. The molecule has 1 atom stereocenters. The van der Waals surface area contributed by atoms with Gasteiger partial charge in [0.2, 0.25) is 0 Å². The molecule has 1 saturated heterocycles. The van der Waals surface area contributed by atoms with Crippen LogP contribution >= 0.6 is 0 Å². The fraction of sp³-hybridized carbons (Fsp3) is 0.500. The summed E-state index contributed by atoms with van der Waals surface area (Å²) in [6.07, 6.45) is -0.0983. The predicted octanol–water partition coefficient (Wildman–Crippen LogP) is 1.45. The molecule has 1 fully saturated rings. The van der Waals surface area contributed by atoms with Crippen LogP contribution in [0.1, 0.15) is 0 Å². The maximum Gasteiger partial charge on any atom is 0.509 e. The first-order valence-corrected chi connectivity index (χ1v) is 6.18. The van der Waals surface area contributed by atoms with Crippen molar-refractivity contribution in [1.82, 2.24) is 4.90 Å². The molecule has 0 aliphatic carbocycles. The van der Waals surface area contributed by atoms with Gasteiger partial charge in [0.25, 0.3) is 0 Å². The summed E-state index contributed by atoms with van der Waals surface area (Å²) < 4.78 is 48.6. The number of hydrogen-bond acceptors (Lipinski definition) is 3. The van der Waals surface area contributed by atoms with Crippen molar-refractivity contribution in [1.29, 1.82) is 0 Å². The second-order valence-corrected chi connectivity index (χ2v) is 4.71. The number of ether oxygens (including phenoxy) is 2. The molecule has 1 aromatic carbocycles. The fourth-order valence-electron chi connectivity index (χ4n) is 1.96. The molecule has 19 heavy (non-hydrogen) atoms. The third-order valence-electron chi connectivity index (χ3n) is 3.01. The second-order valence-electron chi connectivity index (χ2n) is 4.71. The Balaban J connectivity index is 1.92. The minimum Gasteiger partial charge on any atom is -0.491 e. The summed E-state index contributed by atoms with van der Waals surface area (Å²) >= 11 is 0. The molecule has 0 bridgehead atoms. The van der Waals surface area contributed by atoms with Gasteiger partial charge in [0, 0.05) is 13.1 Å². The van der Waals surface area contributed by atoms with Gasteiger partial charge < -0.3 is 27.3 Å². The molecule has 0 saturated carbocycles. The maximum absolute atomic E-state index is 12.6. The van der Waals surface area contributed by atoms with E-state index >= 15 is 0 Å². The SMILES string of the molecule is CN1CCOC(COc2cccc([B-](F)(F)F)c2)C1. The molecule has 0 spiro atoms. The largest absolute Gasteiger partial charge is 0.509 e. The highest BCUT2D eigenvalue weighted by Crippen LogP contribution is 2.15. The van der Waals surface area contributed by atoms with Crippen molar-refractivity contribution in [3.8, 4) is 5.75 Å². The molecule has 106 valence electrons. The normalized spacial score (nSPS) is 21.4. The number of benzene rings is 1. The Hall–Kier alpha value is -1.21. The van der Waals surface area contributed by atoms with Gasteiger partial charge in [0.05, 0.1) is 6.61 Å². The lowest BCUT2D eigenvalue weighted by Crippen LogP contribution is -2.42. The third kappa shape index (κ3) is 4.14. The molecule has 0 amide bonds. The highest BCUT2D eigenvalue weighted by atomic mass is 19.4. The van der Waals surface area contributed by atoms with Crippen LogP contribution in [0.25, 0.3) is 0 Å². The van der Waals surface area contributed by atoms with Crippen molar-refractivity contribution in [2.45, 2.75) is 6.10 Å². The molecule has 1 unspecified atom stereocenters. The molecule has 0 aromatic heterocycles. The molecule has 1 aromatic rings. The topological polar surface area (TPSA) is 21.7 Å². The lowest BCUT2D eigenvalue weighted by Gasteiger charge is -2.29. The molecule has 0 N–H and O–H groups in total. The number of rotatable bonds is 4. The zero-order chi connectivity index (χ0) is 13.9. The average molecular weight is 274 g/mol. The van der Waals surface area contributed by atoms with Gasteiger partial charge in [0.15, 0.2) is 0 Å². The lowest BCUT2D eigenvalue weighted by atomic mass is 9.80. The van der Waals surface area contributed by atoms with Crippen LogP contribution < -0.4 is 10.2 Å². The van der Waals surface area contributed by atoms with E-state index in [1.165, 1.54) is 12.1 Å². The van der Waals surface area contributed by atoms with Gasteiger partial charge in [-0.25, -0.2) is 0 Å². The Labute approximate surface area is 110 Å². The summed E-state index contributed by atoms with van der Waals surface area (Å²) in [4.78, 5) is 2.10. The third-order valence-corrected chi connectivity index (χ3v) is 3.01. The molecular formula is C12H16BF3NO2-. The molecule has 2 rings (SSSR count). The Morgan fingerprint density at radius 1 is 1.42 bits per heavy atom. The Morgan fingerprint density at radius 3 is 2.89 bits per heavy atom. The van der Waals surface area contributed by atoms with Crippen molar-refractivity contribution >= 4 is 12.4 Å². The maximum atomic E-state index is 12.6. The first-order chi connectivity index (χ1) is 8.95. The van der Waals surface area contributed by atoms with Gasteiger partial charge in [-0.2, -0.15) is 0 Å². The van der Waals surface area contributed by atoms with E-state index in [9.17, 15) is 12.9 Å². The average Bonchev–Trinajstić information content (AvgIpc) is 2.36. The highest BCUT2D eigenvalue weighted by molar-refractivity contribution is 6.73. The first-order valence-electron chi connectivity index (χ1n) is 6.18. The van der Waals surface area contributed by atoms with Crippen molar-refractivity contribution in [3.05, 3.63) is 24.3 Å². The highest BCUT2D eigenvalue weighted by Gasteiger charge is 2.25. The van der Waals surface area contributed by atoms with Crippen LogP contribution in [0, 0.1) is 0 Å². The van der Waals surface area contributed by atoms with Crippen LogP contribution in [-0.4, -0.2) is 51.3 Å². The Bertz CT molecular complexity index is 428. The smallest absolute Gasteiger partial charge is 0.491 e. The van der Waals surface area contributed by atoms with Crippen LogP contribution in [0.2, 0.25) is 0 Å². The number of nitrogens with zero attached hydrogens (tertiary/aromatic N) is 1. The van der Waals surface area contributed by atoms with Crippen LogP contribution in [0.3, 0.4) is 0 Å². The van der Waals surface area contributed by atoms with E-state index in [4.69, 9.17) is 9.47 Å². The van der Waals surface area contributed by atoms with Gasteiger partial charge in [-0.1, -0.05) is 12.1 Å². The van der Waals surface area contributed by atoms with Crippen LogP contribution in [-0.2, 0) is 4.74 Å². The van der Waals surface area contributed by atoms with E-state index in [-0.39, 0.29) is 18.5 Å².